The Hall–Kier alpha value is -2.63. The van der Waals surface area contributed by atoms with Crippen LogP contribution in [0.3, 0.4) is 0 Å². The molecule has 6 heteroatoms. The molecule has 6 nitrogen and oxygen atoms in total. The fourth-order valence-corrected chi connectivity index (χ4v) is 3.89. The summed E-state index contributed by atoms with van der Waals surface area (Å²) >= 11 is 0. The van der Waals surface area contributed by atoms with E-state index >= 15 is 0 Å². The number of amides is 1. The van der Waals surface area contributed by atoms with Crippen LogP contribution in [-0.4, -0.2) is 31.2 Å². The fraction of sp³-hybridized carbons (Fsp3) is 0.633. The number of nitrogens with zero attached hydrogens (tertiary/aromatic N) is 1. The Labute approximate surface area is 218 Å². The van der Waals surface area contributed by atoms with Crippen LogP contribution in [0.4, 0.5) is 0 Å². The lowest BCUT2D eigenvalue weighted by molar-refractivity contribution is -0.140. The van der Waals surface area contributed by atoms with Gasteiger partial charge in [-0.2, -0.15) is 0 Å². The molecule has 1 aromatic rings. The number of nitrogens with one attached hydrogen (secondary N) is 1. The first kappa shape index (κ1) is 31.4. The SMILES string of the molecule is C=C(CNC(=O)CCCCC(=O)OC)O/N=C(/c1ccc(CCCCCCCCCC)cc1)C(C)C. The van der Waals surface area contributed by atoms with E-state index in [-0.39, 0.29) is 24.3 Å². The summed E-state index contributed by atoms with van der Waals surface area (Å²) in [4.78, 5) is 28.6. The van der Waals surface area contributed by atoms with Gasteiger partial charge in [0.1, 0.15) is 5.76 Å². The van der Waals surface area contributed by atoms with E-state index in [1.807, 2.05) is 0 Å². The average molecular weight is 501 g/mol. The fourth-order valence-electron chi connectivity index (χ4n) is 3.89. The number of oxime groups is 1. The first-order valence-electron chi connectivity index (χ1n) is 13.7. The van der Waals surface area contributed by atoms with Crippen molar-refractivity contribution in [2.45, 2.75) is 104 Å². The van der Waals surface area contributed by atoms with Crippen LogP contribution in [0.5, 0.6) is 0 Å². The molecule has 0 fully saturated rings. The Morgan fingerprint density at radius 1 is 0.917 bits per heavy atom. The lowest BCUT2D eigenvalue weighted by Crippen LogP contribution is -2.25. The third-order valence-corrected chi connectivity index (χ3v) is 6.13. The smallest absolute Gasteiger partial charge is 0.305 e. The molecule has 36 heavy (non-hydrogen) atoms. The summed E-state index contributed by atoms with van der Waals surface area (Å²) in [5.74, 6) is 0.196. The highest BCUT2D eigenvalue weighted by atomic mass is 16.6. The minimum Gasteiger partial charge on any atom is -0.469 e. The zero-order chi connectivity index (χ0) is 26.6. The van der Waals surface area contributed by atoms with Gasteiger partial charge in [-0.25, -0.2) is 0 Å². The minimum absolute atomic E-state index is 0.107. The molecular weight excluding hydrogens is 452 g/mol. The molecule has 0 aliphatic heterocycles. The molecule has 0 heterocycles. The van der Waals surface area contributed by atoms with Gasteiger partial charge in [0.15, 0.2) is 0 Å². The highest BCUT2D eigenvalue weighted by Gasteiger charge is 2.11. The first-order chi connectivity index (χ1) is 17.4. The summed E-state index contributed by atoms with van der Waals surface area (Å²) in [7, 11) is 1.36. The van der Waals surface area contributed by atoms with Gasteiger partial charge in [-0.1, -0.05) is 102 Å². The standard InChI is InChI=1S/C30H48N2O4/c1-6-7-8-9-10-11-12-13-16-26-19-21-27(22-20-26)30(24(2)3)32-36-25(4)23-31-28(33)17-14-15-18-29(34)35-5/h19-22,24H,4,6-18,23H2,1-3,5H3,(H,31,33)/b32-30+. The molecular formula is C30H48N2O4. The molecule has 0 unspecified atom stereocenters. The van der Waals surface area contributed by atoms with Crippen molar-refractivity contribution in [3.63, 3.8) is 0 Å². The van der Waals surface area contributed by atoms with Crippen molar-refractivity contribution in [2.24, 2.45) is 11.1 Å². The Bertz CT molecular complexity index is 800. The zero-order valence-electron chi connectivity index (χ0n) is 23.1. The van der Waals surface area contributed by atoms with Crippen LogP contribution in [0.25, 0.3) is 0 Å². The molecule has 0 saturated heterocycles. The van der Waals surface area contributed by atoms with Crippen LogP contribution in [0, 0.1) is 5.92 Å². The molecule has 1 rings (SSSR count). The third kappa shape index (κ3) is 14.7. The van der Waals surface area contributed by atoms with Gasteiger partial charge in [0.25, 0.3) is 0 Å². The predicted molar refractivity (Wildman–Crippen MR) is 148 cm³/mol. The summed E-state index contributed by atoms with van der Waals surface area (Å²) in [5.41, 5.74) is 3.24. The van der Waals surface area contributed by atoms with E-state index in [4.69, 9.17) is 4.84 Å². The molecule has 0 bridgehead atoms. The van der Waals surface area contributed by atoms with E-state index in [1.165, 1.54) is 64.0 Å². The maximum atomic E-state index is 12.0. The van der Waals surface area contributed by atoms with Crippen molar-refractivity contribution in [3.8, 4) is 0 Å². The normalized spacial score (nSPS) is 11.4. The zero-order valence-corrected chi connectivity index (χ0v) is 23.1. The summed E-state index contributed by atoms with van der Waals surface area (Å²) in [6.07, 6.45) is 13.7. The van der Waals surface area contributed by atoms with Crippen molar-refractivity contribution in [3.05, 3.63) is 47.7 Å². The number of rotatable bonds is 20. The van der Waals surface area contributed by atoms with Gasteiger partial charge >= 0.3 is 5.97 Å². The molecule has 0 spiro atoms. The van der Waals surface area contributed by atoms with Crippen molar-refractivity contribution in [2.75, 3.05) is 13.7 Å². The number of unbranched alkanes of at least 4 members (excludes halogenated alkanes) is 8. The average Bonchev–Trinajstić information content (AvgIpc) is 2.87. The van der Waals surface area contributed by atoms with E-state index in [0.717, 1.165) is 17.7 Å². The van der Waals surface area contributed by atoms with E-state index in [2.05, 4.69) is 66.8 Å². The van der Waals surface area contributed by atoms with E-state index in [9.17, 15) is 9.59 Å². The van der Waals surface area contributed by atoms with Gasteiger partial charge in [-0.3, -0.25) is 9.59 Å². The number of ether oxygens (including phenoxy) is 1. The van der Waals surface area contributed by atoms with Gasteiger partial charge in [0.2, 0.25) is 5.91 Å². The second kappa shape index (κ2) is 19.5. The number of aryl methyl sites for hydroxylation is 1. The monoisotopic (exact) mass is 500 g/mol. The topological polar surface area (TPSA) is 77.0 Å². The molecule has 0 aliphatic rings. The third-order valence-electron chi connectivity index (χ3n) is 6.13. The van der Waals surface area contributed by atoms with Crippen LogP contribution in [0.15, 0.2) is 41.8 Å². The van der Waals surface area contributed by atoms with Crippen molar-refractivity contribution >= 4 is 17.6 Å². The van der Waals surface area contributed by atoms with Gasteiger partial charge in [0, 0.05) is 12.8 Å². The molecule has 0 atom stereocenters. The predicted octanol–water partition coefficient (Wildman–Crippen LogP) is 7.11. The first-order valence-corrected chi connectivity index (χ1v) is 13.7. The van der Waals surface area contributed by atoms with Crippen LogP contribution in [0.2, 0.25) is 0 Å². The van der Waals surface area contributed by atoms with Gasteiger partial charge in [-0.05, 0) is 42.7 Å². The Kier molecular flexibility index (Phi) is 17.0. The van der Waals surface area contributed by atoms with Gasteiger partial charge in [0.05, 0.1) is 19.4 Å². The molecule has 1 N–H and O–H groups in total. The molecule has 1 aromatic carbocycles. The van der Waals surface area contributed by atoms with E-state index in [1.54, 1.807) is 0 Å². The van der Waals surface area contributed by atoms with Crippen molar-refractivity contribution < 1.29 is 19.2 Å². The molecule has 0 aromatic heterocycles. The van der Waals surface area contributed by atoms with E-state index < -0.39 is 0 Å². The number of hydrogen-bond acceptors (Lipinski definition) is 5. The summed E-state index contributed by atoms with van der Waals surface area (Å²) in [6.45, 7) is 10.5. The molecule has 0 radical (unpaired) electrons. The number of carbonyl (C=O) groups excluding carboxylic acids is 2. The molecule has 1 amide bonds. The van der Waals surface area contributed by atoms with Crippen LogP contribution >= 0.6 is 0 Å². The number of benzene rings is 1. The summed E-state index contributed by atoms with van der Waals surface area (Å²) < 4.78 is 4.59. The lowest BCUT2D eigenvalue weighted by Gasteiger charge is -2.12. The van der Waals surface area contributed by atoms with E-state index in [0.29, 0.717) is 31.4 Å². The van der Waals surface area contributed by atoms with Crippen LogP contribution in [-0.2, 0) is 25.6 Å². The number of hydrogen-bond donors (Lipinski definition) is 1. The highest BCUT2D eigenvalue weighted by molar-refractivity contribution is 6.01. The van der Waals surface area contributed by atoms with Crippen molar-refractivity contribution in [1.82, 2.24) is 5.32 Å². The van der Waals surface area contributed by atoms with Crippen molar-refractivity contribution in [1.29, 1.82) is 0 Å². The summed E-state index contributed by atoms with van der Waals surface area (Å²) in [5, 5.41) is 7.11. The maximum Gasteiger partial charge on any atom is 0.305 e. The molecule has 202 valence electrons. The lowest BCUT2D eigenvalue weighted by atomic mass is 9.97. The maximum absolute atomic E-state index is 12.0. The second-order valence-corrected chi connectivity index (χ2v) is 9.74. The van der Waals surface area contributed by atoms with Gasteiger partial charge in [-0.15, -0.1) is 0 Å². The number of carbonyl (C=O) groups is 2. The van der Waals surface area contributed by atoms with Crippen LogP contribution in [0.1, 0.15) is 109 Å². The van der Waals surface area contributed by atoms with Crippen LogP contribution < -0.4 is 5.32 Å². The quantitative estimate of drug-likeness (QED) is 0.0680. The highest BCUT2D eigenvalue weighted by Crippen LogP contribution is 2.15. The Balaban J connectivity index is 2.39. The Morgan fingerprint density at radius 3 is 2.14 bits per heavy atom. The van der Waals surface area contributed by atoms with Gasteiger partial charge < -0.3 is 14.9 Å². The second-order valence-electron chi connectivity index (χ2n) is 9.74. The number of methoxy groups -OCH3 is 1. The molecule has 0 saturated carbocycles. The minimum atomic E-state index is -0.255. The summed E-state index contributed by atoms with van der Waals surface area (Å²) in [6, 6.07) is 8.59. The Morgan fingerprint density at radius 2 is 1.53 bits per heavy atom. The largest absolute Gasteiger partial charge is 0.469 e. The molecule has 0 aliphatic carbocycles. The number of esters is 1.